The maximum atomic E-state index is 12.3. The van der Waals surface area contributed by atoms with E-state index in [4.69, 9.17) is 5.11 Å². The van der Waals surface area contributed by atoms with Crippen LogP contribution in [0.5, 0.6) is 0 Å². The number of nitrogens with one attached hydrogen (secondary N) is 1. The van der Waals surface area contributed by atoms with E-state index in [0.29, 0.717) is 25.7 Å². The van der Waals surface area contributed by atoms with Gasteiger partial charge in [0, 0.05) is 18.9 Å². The van der Waals surface area contributed by atoms with E-state index in [9.17, 15) is 18.0 Å². The maximum Gasteiger partial charge on any atom is 0.303 e. The second-order valence-corrected chi connectivity index (χ2v) is 9.31. The minimum absolute atomic E-state index is 0.0435. The predicted octanol–water partition coefficient (Wildman–Crippen LogP) is 2.33. The molecule has 0 radical (unpaired) electrons. The van der Waals surface area contributed by atoms with Crippen molar-refractivity contribution in [1.29, 1.82) is 0 Å². The third-order valence-corrected chi connectivity index (χ3v) is 7.08. The highest BCUT2D eigenvalue weighted by Crippen LogP contribution is 2.25. The van der Waals surface area contributed by atoms with Gasteiger partial charge in [-0.2, -0.15) is 0 Å². The van der Waals surface area contributed by atoms with Crippen LogP contribution in [-0.4, -0.2) is 42.4 Å². The van der Waals surface area contributed by atoms with Gasteiger partial charge in [0.05, 0.1) is 11.0 Å². The molecule has 1 aromatic carbocycles. The number of benzene rings is 1. The standard InChI is InChI=1S/C19H27NO5S/c21-18(12-13-26(24,25)17-8-4-5-9-17)20-16(10-11-19(22)23)14-15-6-2-1-3-7-15/h1-3,6-7,16-17H,4-5,8-14H2,(H,20,21)(H,22,23). The van der Waals surface area contributed by atoms with Crippen molar-refractivity contribution in [3.05, 3.63) is 35.9 Å². The van der Waals surface area contributed by atoms with Gasteiger partial charge in [0.2, 0.25) is 5.91 Å². The van der Waals surface area contributed by atoms with Crippen LogP contribution in [0.25, 0.3) is 0 Å². The van der Waals surface area contributed by atoms with Crippen molar-refractivity contribution < 1.29 is 23.1 Å². The quantitative estimate of drug-likeness (QED) is 0.648. The molecule has 1 aliphatic rings. The second kappa shape index (κ2) is 9.71. The molecule has 6 nitrogen and oxygen atoms in total. The monoisotopic (exact) mass is 381 g/mol. The summed E-state index contributed by atoms with van der Waals surface area (Å²) in [6.07, 6.45) is 3.98. The number of carbonyl (C=O) groups is 2. The third-order valence-electron chi connectivity index (χ3n) is 4.82. The number of hydrogen-bond acceptors (Lipinski definition) is 4. The fourth-order valence-corrected chi connectivity index (χ4v) is 5.23. The lowest BCUT2D eigenvalue weighted by Crippen LogP contribution is -2.38. The van der Waals surface area contributed by atoms with E-state index in [2.05, 4.69) is 5.32 Å². The van der Waals surface area contributed by atoms with Crippen LogP contribution in [0, 0.1) is 0 Å². The molecular weight excluding hydrogens is 354 g/mol. The van der Waals surface area contributed by atoms with Crippen LogP contribution in [0.1, 0.15) is 50.5 Å². The van der Waals surface area contributed by atoms with Crippen LogP contribution in [0.3, 0.4) is 0 Å². The van der Waals surface area contributed by atoms with Gasteiger partial charge in [-0.25, -0.2) is 8.42 Å². The van der Waals surface area contributed by atoms with Crippen molar-refractivity contribution in [2.24, 2.45) is 0 Å². The van der Waals surface area contributed by atoms with Gasteiger partial charge < -0.3 is 10.4 Å². The zero-order chi connectivity index (χ0) is 19.0. The molecule has 1 aliphatic carbocycles. The van der Waals surface area contributed by atoms with E-state index in [1.807, 2.05) is 30.3 Å². The number of carboxylic acid groups (broad SMARTS) is 1. The Morgan fingerprint density at radius 3 is 2.38 bits per heavy atom. The van der Waals surface area contributed by atoms with Crippen LogP contribution in [0.15, 0.2) is 30.3 Å². The number of rotatable bonds is 10. The Morgan fingerprint density at radius 1 is 1.12 bits per heavy atom. The van der Waals surface area contributed by atoms with E-state index in [1.54, 1.807) is 0 Å². The Kier molecular flexibility index (Phi) is 7.63. The van der Waals surface area contributed by atoms with Gasteiger partial charge in [0.1, 0.15) is 0 Å². The largest absolute Gasteiger partial charge is 0.481 e. The predicted molar refractivity (Wildman–Crippen MR) is 99.6 cm³/mol. The summed E-state index contributed by atoms with van der Waals surface area (Å²) in [6.45, 7) is 0. The maximum absolute atomic E-state index is 12.3. The van der Waals surface area contributed by atoms with Crippen molar-refractivity contribution >= 4 is 21.7 Å². The summed E-state index contributed by atoms with van der Waals surface area (Å²) in [5, 5.41) is 11.4. The summed E-state index contributed by atoms with van der Waals surface area (Å²) in [7, 11) is -3.23. The van der Waals surface area contributed by atoms with Gasteiger partial charge in [-0.3, -0.25) is 9.59 Å². The minimum atomic E-state index is -3.23. The lowest BCUT2D eigenvalue weighted by Gasteiger charge is -2.19. The Labute approximate surface area is 154 Å². The summed E-state index contributed by atoms with van der Waals surface area (Å²) in [4.78, 5) is 23.1. The molecule has 0 saturated heterocycles. The summed E-state index contributed by atoms with van der Waals surface area (Å²) in [5.41, 5.74) is 1.00. The molecule has 144 valence electrons. The molecule has 0 spiro atoms. The Hall–Kier alpha value is -1.89. The fraction of sp³-hybridized carbons (Fsp3) is 0.579. The number of hydrogen-bond donors (Lipinski definition) is 2. The van der Waals surface area contributed by atoms with E-state index in [1.165, 1.54) is 0 Å². The average molecular weight is 381 g/mol. The van der Waals surface area contributed by atoms with E-state index in [-0.39, 0.29) is 35.8 Å². The minimum Gasteiger partial charge on any atom is -0.481 e. The highest BCUT2D eigenvalue weighted by molar-refractivity contribution is 7.92. The fourth-order valence-electron chi connectivity index (χ4n) is 3.37. The Morgan fingerprint density at radius 2 is 1.77 bits per heavy atom. The highest BCUT2D eigenvalue weighted by atomic mass is 32.2. The van der Waals surface area contributed by atoms with Gasteiger partial charge >= 0.3 is 5.97 Å². The Bertz CT molecular complexity index is 696. The number of carbonyl (C=O) groups excluding carboxylic acids is 1. The summed E-state index contributed by atoms with van der Waals surface area (Å²) >= 11 is 0. The topological polar surface area (TPSA) is 101 Å². The van der Waals surface area contributed by atoms with Crippen LogP contribution in [0.4, 0.5) is 0 Å². The van der Waals surface area contributed by atoms with Gasteiger partial charge in [0.15, 0.2) is 9.84 Å². The van der Waals surface area contributed by atoms with Gasteiger partial charge in [0.25, 0.3) is 0 Å². The molecule has 1 amide bonds. The summed E-state index contributed by atoms with van der Waals surface area (Å²) in [5.74, 6) is -1.39. The lowest BCUT2D eigenvalue weighted by atomic mass is 10.0. The molecule has 1 fully saturated rings. The van der Waals surface area contributed by atoms with Crippen molar-refractivity contribution in [2.45, 2.75) is 62.7 Å². The first-order valence-corrected chi connectivity index (χ1v) is 10.8. The molecule has 0 heterocycles. The molecule has 7 heteroatoms. The van der Waals surface area contributed by atoms with Crippen molar-refractivity contribution in [3.8, 4) is 0 Å². The first-order valence-electron chi connectivity index (χ1n) is 9.13. The molecule has 26 heavy (non-hydrogen) atoms. The van der Waals surface area contributed by atoms with Crippen LogP contribution >= 0.6 is 0 Å². The molecular formula is C19H27NO5S. The molecule has 1 atom stereocenters. The van der Waals surface area contributed by atoms with Gasteiger partial charge in [-0.1, -0.05) is 43.2 Å². The zero-order valence-electron chi connectivity index (χ0n) is 14.9. The zero-order valence-corrected chi connectivity index (χ0v) is 15.7. The molecule has 1 aromatic rings. The number of carboxylic acids is 1. The summed E-state index contributed by atoms with van der Waals surface area (Å²) in [6, 6.07) is 9.19. The van der Waals surface area contributed by atoms with Crippen LogP contribution in [-0.2, 0) is 25.8 Å². The molecule has 0 bridgehead atoms. The van der Waals surface area contributed by atoms with E-state index in [0.717, 1.165) is 18.4 Å². The third kappa shape index (κ3) is 6.78. The second-order valence-electron chi connectivity index (χ2n) is 6.91. The Balaban J connectivity index is 1.88. The lowest BCUT2D eigenvalue weighted by molar-refractivity contribution is -0.137. The van der Waals surface area contributed by atoms with Crippen molar-refractivity contribution in [2.75, 3.05) is 5.75 Å². The van der Waals surface area contributed by atoms with Crippen LogP contribution < -0.4 is 5.32 Å². The molecule has 0 aromatic heterocycles. The van der Waals surface area contributed by atoms with Crippen molar-refractivity contribution in [3.63, 3.8) is 0 Å². The van der Waals surface area contributed by atoms with Crippen molar-refractivity contribution in [1.82, 2.24) is 5.32 Å². The van der Waals surface area contributed by atoms with Crippen LogP contribution in [0.2, 0.25) is 0 Å². The first kappa shape index (κ1) is 20.4. The highest BCUT2D eigenvalue weighted by Gasteiger charge is 2.29. The SMILES string of the molecule is O=C(O)CCC(Cc1ccccc1)NC(=O)CCS(=O)(=O)C1CCCC1. The number of sulfone groups is 1. The molecule has 0 aliphatic heterocycles. The smallest absolute Gasteiger partial charge is 0.303 e. The summed E-state index contributed by atoms with van der Waals surface area (Å²) < 4.78 is 24.5. The number of amides is 1. The molecule has 1 unspecified atom stereocenters. The normalized spacial score (nSPS) is 16.3. The molecule has 2 N–H and O–H groups in total. The molecule has 1 saturated carbocycles. The van der Waals surface area contributed by atoms with E-state index < -0.39 is 15.8 Å². The van der Waals surface area contributed by atoms with Gasteiger partial charge in [-0.05, 0) is 31.2 Å². The first-order chi connectivity index (χ1) is 12.4. The van der Waals surface area contributed by atoms with E-state index >= 15 is 0 Å². The average Bonchev–Trinajstić information content (AvgIpc) is 3.14. The molecule has 2 rings (SSSR count). The van der Waals surface area contributed by atoms with Gasteiger partial charge in [-0.15, -0.1) is 0 Å². The number of aliphatic carboxylic acids is 1.